The summed E-state index contributed by atoms with van der Waals surface area (Å²) < 4.78 is 61.3. The van der Waals surface area contributed by atoms with Crippen molar-refractivity contribution in [1.82, 2.24) is 9.97 Å². The van der Waals surface area contributed by atoms with Gasteiger partial charge in [0.25, 0.3) is 0 Å². The second kappa shape index (κ2) is 11.5. The predicted molar refractivity (Wildman–Crippen MR) is 147 cm³/mol. The van der Waals surface area contributed by atoms with Crippen molar-refractivity contribution in [2.45, 2.75) is 43.6 Å². The molecule has 1 N–H and O–H groups in total. The second-order valence-corrected chi connectivity index (χ2v) is 12.1. The molecule has 11 heteroatoms. The molecule has 0 amide bonds. The Bertz CT molecular complexity index is 1640. The Hall–Kier alpha value is -3.50. The van der Waals surface area contributed by atoms with E-state index in [0.29, 0.717) is 38.6 Å². The highest BCUT2D eigenvalue weighted by atomic mass is 35.5. The third kappa shape index (κ3) is 6.28. The summed E-state index contributed by atoms with van der Waals surface area (Å²) in [7, 11) is -3.39. The van der Waals surface area contributed by atoms with Crippen LogP contribution in [0, 0.1) is 5.92 Å². The summed E-state index contributed by atoms with van der Waals surface area (Å²) in [4.78, 5) is 20.7. The van der Waals surface area contributed by atoms with E-state index in [1.807, 2.05) is 0 Å². The van der Waals surface area contributed by atoms with Gasteiger partial charge in [0.15, 0.2) is 9.84 Å². The van der Waals surface area contributed by atoms with Gasteiger partial charge in [-0.1, -0.05) is 41.9 Å². The zero-order chi connectivity index (χ0) is 28.4. The lowest BCUT2D eigenvalue weighted by Crippen LogP contribution is -2.13. The molecule has 1 aromatic heterocycles. The number of nitrogens with one attached hydrogen (secondary N) is 1. The molecule has 1 saturated carbocycles. The van der Waals surface area contributed by atoms with Crippen LogP contribution in [0.1, 0.15) is 43.5 Å². The normalized spacial score (nSPS) is 14.4. The van der Waals surface area contributed by atoms with Crippen LogP contribution in [0.15, 0.2) is 65.6 Å². The van der Waals surface area contributed by atoms with Crippen LogP contribution in [0.3, 0.4) is 0 Å². The van der Waals surface area contributed by atoms with Gasteiger partial charge in [0.05, 0.1) is 45.6 Å². The van der Waals surface area contributed by atoms with Crippen LogP contribution in [-0.4, -0.2) is 43.3 Å². The van der Waals surface area contributed by atoms with Crippen LogP contribution in [0.5, 0.6) is 5.75 Å². The molecule has 1 fully saturated rings. The summed E-state index contributed by atoms with van der Waals surface area (Å²) >= 11 is 6.56. The van der Waals surface area contributed by atoms with Crippen molar-refractivity contribution >= 4 is 38.4 Å². The van der Waals surface area contributed by atoms with Crippen LogP contribution < -0.4 is 4.74 Å². The summed E-state index contributed by atoms with van der Waals surface area (Å²) in [6.07, 6.45) is 1.83. The lowest BCUT2D eigenvalue weighted by molar-refractivity contribution is -0.143. The highest BCUT2D eigenvalue weighted by Crippen LogP contribution is 2.39. The van der Waals surface area contributed by atoms with Crippen LogP contribution >= 0.6 is 11.6 Å². The molecular formula is C29H27ClF2N2O5S. The van der Waals surface area contributed by atoms with E-state index < -0.39 is 28.3 Å². The molecule has 0 radical (unpaired) electrons. The molecule has 5 rings (SSSR count). The largest absolute Gasteiger partial charge is 0.466 e. The first kappa shape index (κ1) is 28.0. The number of aromatic amines is 1. The SMILES string of the molecule is CCOC(=O)CC(c1ccc(S(=O)(=O)CC2CC2)cc1)c1nc2cc(-c3ccccc3OC(F)F)c(Cl)cc2[nH]1. The van der Waals surface area contributed by atoms with Crippen molar-refractivity contribution in [3.8, 4) is 16.9 Å². The molecule has 1 unspecified atom stereocenters. The predicted octanol–water partition coefficient (Wildman–Crippen LogP) is 6.75. The Kier molecular flexibility index (Phi) is 8.09. The second-order valence-electron chi connectivity index (χ2n) is 9.70. The van der Waals surface area contributed by atoms with Gasteiger partial charge in [-0.3, -0.25) is 4.79 Å². The fraction of sp³-hybridized carbons (Fsp3) is 0.310. The topological polar surface area (TPSA) is 98.4 Å². The number of carbonyl (C=O) groups excluding carboxylic acids is 1. The number of nitrogens with zero attached hydrogens (tertiary/aromatic N) is 1. The average Bonchev–Trinajstić information content (AvgIpc) is 3.62. The fourth-order valence-electron chi connectivity index (χ4n) is 4.67. The average molecular weight is 589 g/mol. The van der Waals surface area contributed by atoms with E-state index >= 15 is 0 Å². The van der Waals surface area contributed by atoms with E-state index in [2.05, 4.69) is 9.72 Å². The number of hydrogen-bond acceptors (Lipinski definition) is 6. The zero-order valence-electron chi connectivity index (χ0n) is 21.6. The smallest absolute Gasteiger partial charge is 0.387 e. The number of ether oxygens (including phenoxy) is 2. The Labute approximate surface area is 235 Å². The molecule has 1 aliphatic rings. The quantitative estimate of drug-likeness (QED) is 0.195. The molecule has 3 aromatic carbocycles. The van der Waals surface area contributed by atoms with Crippen molar-refractivity contribution in [1.29, 1.82) is 0 Å². The van der Waals surface area contributed by atoms with E-state index in [1.54, 1.807) is 61.5 Å². The zero-order valence-corrected chi connectivity index (χ0v) is 23.1. The van der Waals surface area contributed by atoms with Crippen molar-refractivity contribution in [3.05, 3.63) is 77.1 Å². The third-order valence-electron chi connectivity index (χ3n) is 6.78. The number of hydrogen-bond donors (Lipinski definition) is 1. The van der Waals surface area contributed by atoms with Crippen molar-refractivity contribution < 1.29 is 31.5 Å². The Morgan fingerprint density at radius 1 is 1.10 bits per heavy atom. The first-order chi connectivity index (χ1) is 19.1. The molecule has 1 aliphatic carbocycles. The molecule has 0 spiro atoms. The number of para-hydroxylation sites is 1. The number of carbonyl (C=O) groups is 1. The van der Waals surface area contributed by atoms with Gasteiger partial charge < -0.3 is 14.5 Å². The molecule has 4 aromatic rings. The number of esters is 1. The molecule has 0 aliphatic heterocycles. The monoisotopic (exact) mass is 588 g/mol. The van der Waals surface area contributed by atoms with Gasteiger partial charge in [-0.15, -0.1) is 0 Å². The molecule has 0 bridgehead atoms. The summed E-state index contributed by atoms with van der Waals surface area (Å²) in [6, 6.07) is 16.1. The molecule has 0 saturated heterocycles. The number of sulfone groups is 1. The molecule has 1 heterocycles. The minimum Gasteiger partial charge on any atom is -0.466 e. The maximum Gasteiger partial charge on any atom is 0.387 e. The lowest BCUT2D eigenvalue weighted by atomic mass is 9.95. The van der Waals surface area contributed by atoms with E-state index in [-0.39, 0.29) is 35.3 Å². The van der Waals surface area contributed by atoms with Crippen molar-refractivity contribution in [2.75, 3.05) is 12.4 Å². The van der Waals surface area contributed by atoms with E-state index in [9.17, 15) is 22.0 Å². The van der Waals surface area contributed by atoms with E-state index in [0.717, 1.165) is 12.8 Å². The van der Waals surface area contributed by atoms with Crippen LogP contribution in [-0.2, 0) is 19.4 Å². The number of benzene rings is 3. The van der Waals surface area contributed by atoms with Gasteiger partial charge in [0.1, 0.15) is 11.6 Å². The highest BCUT2D eigenvalue weighted by Gasteiger charge is 2.30. The number of halogens is 3. The number of rotatable bonds is 11. The van der Waals surface area contributed by atoms with Crippen molar-refractivity contribution in [3.63, 3.8) is 0 Å². The van der Waals surface area contributed by atoms with Gasteiger partial charge in [-0.2, -0.15) is 8.78 Å². The standard InChI is InChI=1S/C29H27ClF2N2O5S/c1-2-38-27(35)14-21(18-9-11-19(12-10-18)40(36,37)16-17-7-8-17)28-33-24-13-22(23(30)15-25(24)34-28)20-5-3-4-6-26(20)39-29(31)32/h3-6,9-13,15,17,21,29H,2,7-8,14,16H2,1H3,(H,33,34). The Morgan fingerprint density at radius 3 is 2.50 bits per heavy atom. The molecular weight excluding hydrogens is 562 g/mol. The number of H-pyrrole nitrogens is 1. The van der Waals surface area contributed by atoms with Gasteiger partial charge >= 0.3 is 12.6 Å². The van der Waals surface area contributed by atoms with Crippen LogP contribution in [0.25, 0.3) is 22.2 Å². The summed E-state index contributed by atoms with van der Waals surface area (Å²) in [5.74, 6) is -0.217. The first-order valence-corrected chi connectivity index (χ1v) is 14.9. The van der Waals surface area contributed by atoms with Gasteiger partial charge in [-0.25, -0.2) is 13.4 Å². The number of alkyl halides is 2. The summed E-state index contributed by atoms with van der Waals surface area (Å²) in [5, 5.41) is 0.292. The van der Waals surface area contributed by atoms with Crippen molar-refractivity contribution in [2.24, 2.45) is 5.92 Å². The molecule has 7 nitrogen and oxygen atoms in total. The maximum atomic E-state index is 13.0. The van der Waals surface area contributed by atoms with E-state index in [1.165, 1.54) is 6.07 Å². The minimum atomic E-state index is -3.39. The molecule has 40 heavy (non-hydrogen) atoms. The highest BCUT2D eigenvalue weighted by molar-refractivity contribution is 7.91. The van der Waals surface area contributed by atoms with Crippen LogP contribution in [0.4, 0.5) is 8.78 Å². The number of fused-ring (bicyclic) bond motifs is 1. The fourth-order valence-corrected chi connectivity index (χ4v) is 6.63. The number of imidazole rings is 1. The van der Waals surface area contributed by atoms with Gasteiger partial charge in [0.2, 0.25) is 0 Å². The number of aromatic nitrogens is 2. The minimum absolute atomic E-state index is 0.0218. The Balaban J connectivity index is 1.52. The lowest BCUT2D eigenvalue weighted by Gasteiger charge is -2.15. The van der Waals surface area contributed by atoms with E-state index in [4.69, 9.17) is 21.3 Å². The summed E-state index contributed by atoms with van der Waals surface area (Å²) in [6.45, 7) is -1.07. The van der Waals surface area contributed by atoms with Gasteiger partial charge in [-0.05, 0) is 61.6 Å². The van der Waals surface area contributed by atoms with Gasteiger partial charge in [0, 0.05) is 11.1 Å². The Morgan fingerprint density at radius 2 is 1.82 bits per heavy atom. The maximum absolute atomic E-state index is 13.0. The molecule has 1 atom stereocenters. The first-order valence-electron chi connectivity index (χ1n) is 12.9. The van der Waals surface area contributed by atoms with Crippen LogP contribution in [0.2, 0.25) is 5.02 Å². The summed E-state index contributed by atoms with van der Waals surface area (Å²) in [5.41, 5.74) is 2.59. The third-order valence-corrected chi connectivity index (χ3v) is 9.00. The molecule has 210 valence electrons.